The minimum Gasteiger partial charge on any atom is -0.478 e. The average molecular weight is 277 g/mol. The molecule has 98 valence electrons. The maximum atomic E-state index is 11.2. The van der Waals surface area contributed by atoms with Crippen LogP contribution in [0.25, 0.3) is 0 Å². The summed E-state index contributed by atoms with van der Waals surface area (Å²) in [6, 6.07) is 8.48. The van der Waals surface area contributed by atoms with Crippen molar-refractivity contribution in [1.29, 1.82) is 0 Å². The summed E-state index contributed by atoms with van der Waals surface area (Å²) in [5.41, 5.74) is 1.67. The molecule has 0 fully saturated rings. The molecule has 2 rings (SSSR count). The van der Waals surface area contributed by atoms with E-state index in [4.69, 9.17) is 16.7 Å². The first kappa shape index (κ1) is 13.4. The Morgan fingerprint density at radius 3 is 2.84 bits per heavy atom. The lowest BCUT2D eigenvalue weighted by atomic mass is 10.1. The minimum absolute atomic E-state index is 0.0482. The highest BCUT2D eigenvalue weighted by molar-refractivity contribution is 6.31. The molecule has 4 nitrogen and oxygen atoms in total. The minimum atomic E-state index is -1.01. The van der Waals surface area contributed by atoms with Gasteiger partial charge in [0, 0.05) is 23.1 Å². The summed E-state index contributed by atoms with van der Waals surface area (Å²) in [5, 5.41) is 12.7. The third-order valence-electron chi connectivity index (χ3n) is 2.77. The van der Waals surface area contributed by atoms with E-state index in [9.17, 15) is 4.79 Å². The number of hydrogen-bond donors (Lipinski definition) is 2. The summed E-state index contributed by atoms with van der Waals surface area (Å²) < 4.78 is 0. The first-order valence-corrected chi connectivity index (χ1v) is 6.15. The van der Waals surface area contributed by atoms with Crippen LogP contribution >= 0.6 is 11.6 Å². The maximum absolute atomic E-state index is 11.2. The number of aromatic carboxylic acids is 1. The molecule has 0 aliphatic carbocycles. The molecule has 0 aliphatic heterocycles. The molecule has 2 N–H and O–H groups in total. The number of benzene rings is 1. The van der Waals surface area contributed by atoms with E-state index in [1.54, 1.807) is 24.5 Å². The smallest absolute Gasteiger partial charge is 0.337 e. The van der Waals surface area contributed by atoms with Crippen LogP contribution < -0.4 is 5.32 Å². The van der Waals surface area contributed by atoms with Gasteiger partial charge in [0.25, 0.3) is 0 Å². The van der Waals surface area contributed by atoms with E-state index in [0.717, 1.165) is 5.56 Å². The van der Waals surface area contributed by atoms with Crippen LogP contribution in [0.2, 0.25) is 5.02 Å². The van der Waals surface area contributed by atoms with Crippen molar-refractivity contribution in [1.82, 2.24) is 4.98 Å². The molecule has 0 saturated carbocycles. The molecule has 0 bridgehead atoms. The van der Waals surface area contributed by atoms with Gasteiger partial charge in [0.2, 0.25) is 0 Å². The van der Waals surface area contributed by atoms with E-state index in [2.05, 4.69) is 10.3 Å². The molecule has 2 aromatic rings. The van der Waals surface area contributed by atoms with Crippen LogP contribution in [0.3, 0.4) is 0 Å². The second kappa shape index (κ2) is 5.71. The fourth-order valence-corrected chi connectivity index (χ4v) is 1.94. The maximum Gasteiger partial charge on any atom is 0.337 e. The highest BCUT2D eigenvalue weighted by atomic mass is 35.5. The quantitative estimate of drug-likeness (QED) is 0.895. The molecule has 1 unspecified atom stereocenters. The Balaban J connectivity index is 2.26. The second-order valence-electron chi connectivity index (χ2n) is 4.15. The summed E-state index contributed by atoms with van der Waals surface area (Å²) >= 11 is 5.81. The number of rotatable bonds is 4. The topological polar surface area (TPSA) is 62.2 Å². The van der Waals surface area contributed by atoms with Crippen LogP contribution in [0.1, 0.15) is 28.9 Å². The summed E-state index contributed by atoms with van der Waals surface area (Å²) in [4.78, 5) is 15.2. The molecule has 1 atom stereocenters. The predicted octanol–water partition coefficient (Wildman–Crippen LogP) is 3.61. The monoisotopic (exact) mass is 276 g/mol. The first-order valence-electron chi connectivity index (χ1n) is 5.77. The van der Waals surface area contributed by atoms with Crippen molar-refractivity contribution in [2.45, 2.75) is 13.0 Å². The van der Waals surface area contributed by atoms with E-state index < -0.39 is 5.97 Å². The van der Waals surface area contributed by atoms with Crippen molar-refractivity contribution < 1.29 is 9.90 Å². The third kappa shape index (κ3) is 3.23. The van der Waals surface area contributed by atoms with Crippen molar-refractivity contribution in [2.24, 2.45) is 0 Å². The van der Waals surface area contributed by atoms with Crippen LogP contribution in [0.5, 0.6) is 0 Å². The number of pyridine rings is 1. The summed E-state index contributed by atoms with van der Waals surface area (Å²) in [5.74, 6) is -1.01. The van der Waals surface area contributed by atoms with E-state index in [1.807, 2.05) is 19.1 Å². The molecule has 19 heavy (non-hydrogen) atoms. The Morgan fingerprint density at radius 2 is 2.21 bits per heavy atom. The number of nitrogens with one attached hydrogen (secondary N) is 1. The molecule has 0 radical (unpaired) electrons. The van der Waals surface area contributed by atoms with Gasteiger partial charge in [0.1, 0.15) is 0 Å². The highest BCUT2D eigenvalue weighted by Gasteiger charge is 2.13. The number of aromatic nitrogens is 1. The Bertz CT molecular complexity index is 587. The fourth-order valence-electron chi connectivity index (χ4n) is 1.77. The van der Waals surface area contributed by atoms with Gasteiger partial charge in [0.05, 0.1) is 11.6 Å². The molecule has 0 saturated heterocycles. The molecular weight excluding hydrogens is 264 g/mol. The number of anilines is 1. The van der Waals surface area contributed by atoms with Gasteiger partial charge in [-0.25, -0.2) is 4.79 Å². The Kier molecular flexibility index (Phi) is 4.02. The molecule has 1 heterocycles. The lowest BCUT2D eigenvalue weighted by Gasteiger charge is -2.17. The summed E-state index contributed by atoms with van der Waals surface area (Å²) in [6.07, 6.45) is 3.44. The van der Waals surface area contributed by atoms with Crippen molar-refractivity contribution >= 4 is 23.3 Å². The molecule has 1 aromatic carbocycles. The van der Waals surface area contributed by atoms with E-state index in [1.165, 1.54) is 6.07 Å². The number of carboxylic acids is 1. The lowest BCUT2D eigenvalue weighted by molar-refractivity contribution is 0.0698. The standard InChI is InChI=1S/C14H13ClN2O2/c1-9(10-3-2-6-16-8-10)17-13-5-4-11(15)7-12(13)14(18)19/h2-9,17H,1H3,(H,18,19). The van der Waals surface area contributed by atoms with Crippen LogP contribution in [0, 0.1) is 0 Å². The summed E-state index contributed by atoms with van der Waals surface area (Å²) in [7, 11) is 0. The molecule has 0 aliphatic rings. The highest BCUT2D eigenvalue weighted by Crippen LogP contribution is 2.25. The third-order valence-corrected chi connectivity index (χ3v) is 3.00. The molecular formula is C14H13ClN2O2. The van der Waals surface area contributed by atoms with Crippen LogP contribution in [0.4, 0.5) is 5.69 Å². The van der Waals surface area contributed by atoms with Crippen molar-refractivity contribution in [3.05, 3.63) is 58.9 Å². The predicted molar refractivity (Wildman–Crippen MR) is 74.7 cm³/mol. The zero-order chi connectivity index (χ0) is 13.8. The fraction of sp³-hybridized carbons (Fsp3) is 0.143. The number of carboxylic acid groups (broad SMARTS) is 1. The number of nitrogens with zero attached hydrogens (tertiary/aromatic N) is 1. The van der Waals surface area contributed by atoms with Crippen molar-refractivity contribution in [3.8, 4) is 0 Å². The van der Waals surface area contributed by atoms with Crippen LogP contribution in [-0.4, -0.2) is 16.1 Å². The first-order chi connectivity index (χ1) is 9.08. The SMILES string of the molecule is CC(Nc1ccc(Cl)cc1C(=O)O)c1cccnc1. The van der Waals surface area contributed by atoms with Crippen molar-refractivity contribution in [3.63, 3.8) is 0 Å². The zero-order valence-corrected chi connectivity index (χ0v) is 11.1. The number of halogens is 1. The van der Waals surface area contributed by atoms with Gasteiger partial charge in [-0.3, -0.25) is 4.98 Å². The van der Waals surface area contributed by atoms with Gasteiger partial charge in [-0.15, -0.1) is 0 Å². The van der Waals surface area contributed by atoms with Crippen LogP contribution in [-0.2, 0) is 0 Å². The van der Waals surface area contributed by atoms with E-state index in [0.29, 0.717) is 10.7 Å². The number of carbonyl (C=O) groups is 1. The number of hydrogen-bond acceptors (Lipinski definition) is 3. The largest absolute Gasteiger partial charge is 0.478 e. The Morgan fingerprint density at radius 1 is 1.42 bits per heavy atom. The van der Waals surface area contributed by atoms with E-state index in [-0.39, 0.29) is 11.6 Å². The molecule has 1 aromatic heterocycles. The van der Waals surface area contributed by atoms with E-state index >= 15 is 0 Å². The van der Waals surface area contributed by atoms with Gasteiger partial charge in [-0.05, 0) is 36.8 Å². The Hall–Kier alpha value is -2.07. The molecule has 5 heteroatoms. The lowest BCUT2D eigenvalue weighted by Crippen LogP contribution is -2.10. The Labute approximate surface area is 116 Å². The second-order valence-corrected chi connectivity index (χ2v) is 4.58. The van der Waals surface area contributed by atoms with Gasteiger partial charge < -0.3 is 10.4 Å². The molecule has 0 spiro atoms. The van der Waals surface area contributed by atoms with Gasteiger partial charge in [-0.2, -0.15) is 0 Å². The van der Waals surface area contributed by atoms with Gasteiger partial charge in [0.15, 0.2) is 0 Å². The molecule has 0 amide bonds. The van der Waals surface area contributed by atoms with Crippen LogP contribution in [0.15, 0.2) is 42.7 Å². The van der Waals surface area contributed by atoms with Gasteiger partial charge in [-0.1, -0.05) is 17.7 Å². The zero-order valence-electron chi connectivity index (χ0n) is 10.3. The average Bonchev–Trinajstić information content (AvgIpc) is 2.41. The van der Waals surface area contributed by atoms with Gasteiger partial charge >= 0.3 is 5.97 Å². The van der Waals surface area contributed by atoms with Crippen molar-refractivity contribution in [2.75, 3.05) is 5.32 Å². The summed E-state index contributed by atoms with van der Waals surface area (Å²) in [6.45, 7) is 1.94. The normalized spacial score (nSPS) is 11.9.